The molecule has 0 spiro atoms. The minimum absolute atomic E-state index is 0.100. The number of aliphatic hydroxyl groups is 1. The van der Waals surface area contributed by atoms with E-state index < -0.39 is 6.10 Å². The first-order valence-corrected chi connectivity index (χ1v) is 8.39. The van der Waals surface area contributed by atoms with Crippen LogP contribution in [0, 0.1) is 0 Å². The highest BCUT2D eigenvalue weighted by molar-refractivity contribution is 6.30. The van der Waals surface area contributed by atoms with Gasteiger partial charge >= 0.3 is 0 Å². The Labute approximate surface area is 150 Å². The van der Waals surface area contributed by atoms with Crippen molar-refractivity contribution >= 4 is 40.2 Å². The normalized spacial score (nSPS) is 12.6. The molecule has 132 valence electrons. The van der Waals surface area contributed by atoms with Crippen molar-refractivity contribution in [1.29, 1.82) is 0 Å². The number of anilines is 3. The summed E-state index contributed by atoms with van der Waals surface area (Å²) in [7, 11) is 0. The molecule has 0 amide bonds. The van der Waals surface area contributed by atoms with E-state index in [4.69, 9.17) is 11.6 Å². The van der Waals surface area contributed by atoms with Crippen LogP contribution in [0.3, 0.4) is 0 Å². The summed E-state index contributed by atoms with van der Waals surface area (Å²) in [5.41, 5.74) is 1.96. The molecule has 0 fully saturated rings. The first kappa shape index (κ1) is 17.4. The van der Waals surface area contributed by atoms with Crippen LogP contribution in [0.5, 0.6) is 0 Å². The average molecular weight is 362 g/mol. The Hall–Kier alpha value is -2.45. The molecule has 0 radical (unpaired) electrons. The molecule has 1 aromatic carbocycles. The molecule has 2 aromatic heterocycles. The SMILES string of the molecule is CC(O)CNc1nc(Nc2cccc(Cl)c2)c2nnn(C(C)C)c2n1. The lowest BCUT2D eigenvalue weighted by molar-refractivity contribution is 0.208. The van der Waals surface area contributed by atoms with Gasteiger partial charge in [-0.1, -0.05) is 22.9 Å². The van der Waals surface area contributed by atoms with Gasteiger partial charge in [-0.3, -0.25) is 0 Å². The first-order chi connectivity index (χ1) is 11.9. The van der Waals surface area contributed by atoms with E-state index in [-0.39, 0.29) is 6.04 Å². The van der Waals surface area contributed by atoms with Crippen LogP contribution in [0.4, 0.5) is 17.5 Å². The summed E-state index contributed by atoms with van der Waals surface area (Å²) >= 11 is 6.05. The number of aromatic nitrogens is 5. The number of benzene rings is 1. The molecule has 0 aliphatic rings. The van der Waals surface area contributed by atoms with Crippen molar-refractivity contribution in [2.75, 3.05) is 17.2 Å². The molecule has 3 N–H and O–H groups in total. The van der Waals surface area contributed by atoms with Gasteiger partial charge in [-0.25, -0.2) is 4.68 Å². The maximum absolute atomic E-state index is 9.49. The van der Waals surface area contributed by atoms with Crippen molar-refractivity contribution in [1.82, 2.24) is 25.0 Å². The van der Waals surface area contributed by atoms with E-state index in [1.807, 2.05) is 26.0 Å². The smallest absolute Gasteiger partial charge is 0.226 e. The number of hydrogen-bond donors (Lipinski definition) is 3. The van der Waals surface area contributed by atoms with E-state index in [1.165, 1.54) is 0 Å². The Morgan fingerprint density at radius 1 is 1.24 bits per heavy atom. The van der Waals surface area contributed by atoms with Crippen LogP contribution in [-0.2, 0) is 0 Å². The predicted octanol–water partition coefficient (Wildman–Crippen LogP) is 2.99. The summed E-state index contributed by atoms with van der Waals surface area (Å²) in [5.74, 6) is 0.911. The quantitative estimate of drug-likeness (QED) is 0.620. The summed E-state index contributed by atoms with van der Waals surface area (Å²) in [6.45, 7) is 6.04. The van der Waals surface area contributed by atoms with E-state index in [2.05, 4.69) is 30.9 Å². The molecular weight excluding hydrogens is 342 g/mol. The average Bonchev–Trinajstić information content (AvgIpc) is 2.97. The minimum atomic E-state index is -0.517. The fraction of sp³-hybridized carbons (Fsp3) is 0.375. The molecule has 1 atom stereocenters. The third-order valence-corrected chi connectivity index (χ3v) is 3.69. The van der Waals surface area contributed by atoms with Gasteiger partial charge in [0.2, 0.25) is 5.95 Å². The number of halogens is 1. The zero-order valence-corrected chi connectivity index (χ0v) is 15.0. The molecule has 3 aromatic rings. The summed E-state index contributed by atoms with van der Waals surface area (Å²) in [6, 6.07) is 7.43. The number of rotatable bonds is 6. The van der Waals surface area contributed by atoms with Crippen molar-refractivity contribution in [2.24, 2.45) is 0 Å². The molecule has 8 nitrogen and oxygen atoms in total. The van der Waals surface area contributed by atoms with E-state index in [0.717, 1.165) is 5.69 Å². The van der Waals surface area contributed by atoms with Crippen LogP contribution in [-0.4, -0.2) is 42.7 Å². The van der Waals surface area contributed by atoms with E-state index >= 15 is 0 Å². The zero-order valence-electron chi connectivity index (χ0n) is 14.2. The van der Waals surface area contributed by atoms with E-state index in [0.29, 0.717) is 34.5 Å². The Morgan fingerprint density at radius 2 is 2.04 bits per heavy atom. The molecule has 3 rings (SSSR count). The molecule has 2 heterocycles. The summed E-state index contributed by atoms with van der Waals surface area (Å²) in [5, 5.41) is 24.7. The number of nitrogens with one attached hydrogen (secondary N) is 2. The van der Waals surface area contributed by atoms with Crippen molar-refractivity contribution in [2.45, 2.75) is 32.9 Å². The fourth-order valence-corrected chi connectivity index (χ4v) is 2.48. The molecule has 25 heavy (non-hydrogen) atoms. The van der Waals surface area contributed by atoms with Gasteiger partial charge in [-0.05, 0) is 39.0 Å². The van der Waals surface area contributed by atoms with E-state index in [9.17, 15) is 5.11 Å². The van der Waals surface area contributed by atoms with Gasteiger partial charge in [-0.2, -0.15) is 9.97 Å². The zero-order chi connectivity index (χ0) is 18.0. The Morgan fingerprint density at radius 3 is 2.72 bits per heavy atom. The molecule has 0 aliphatic carbocycles. The Bertz CT molecular complexity index is 878. The van der Waals surface area contributed by atoms with Crippen molar-refractivity contribution in [3.63, 3.8) is 0 Å². The number of fused-ring (bicyclic) bond motifs is 1. The lowest BCUT2D eigenvalue weighted by Crippen LogP contribution is -2.17. The highest BCUT2D eigenvalue weighted by Gasteiger charge is 2.16. The van der Waals surface area contributed by atoms with Crippen LogP contribution < -0.4 is 10.6 Å². The lowest BCUT2D eigenvalue weighted by Gasteiger charge is -2.12. The predicted molar refractivity (Wildman–Crippen MR) is 98.4 cm³/mol. The van der Waals surface area contributed by atoms with Gasteiger partial charge in [0.05, 0.1) is 12.1 Å². The highest BCUT2D eigenvalue weighted by Crippen LogP contribution is 2.26. The standard InChI is InChI=1S/C16H20ClN7O/c1-9(2)24-15-13(22-23-24)14(19-12-6-4-5-11(17)7-12)20-16(21-15)18-8-10(3)25/h4-7,9-10,25H,8H2,1-3H3,(H2,18,19,20,21). The first-order valence-electron chi connectivity index (χ1n) is 8.01. The number of aliphatic hydroxyl groups excluding tert-OH is 1. The molecule has 0 bridgehead atoms. The van der Waals surface area contributed by atoms with Crippen LogP contribution in [0.15, 0.2) is 24.3 Å². The van der Waals surface area contributed by atoms with Gasteiger partial charge in [0.1, 0.15) is 0 Å². The monoisotopic (exact) mass is 361 g/mol. The van der Waals surface area contributed by atoms with Gasteiger partial charge < -0.3 is 15.7 Å². The van der Waals surface area contributed by atoms with Crippen molar-refractivity contribution in [3.8, 4) is 0 Å². The molecular formula is C16H20ClN7O. The summed E-state index contributed by atoms with van der Waals surface area (Å²) < 4.78 is 1.73. The molecule has 9 heteroatoms. The maximum Gasteiger partial charge on any atom is 0.226 e. The largest absolute Gasteiger partial charge is 0.392 e. The van der Waals surface area contributed by atoms with Gasteiger partial charge in [0, 0.05) is 17.3 Å². The fourth-order valence-electron chi connectivity index (χ4n) is 2.29. The summed E-state index contributed by atoms with van der Waals surface area (Å²) in [4.78, 5) is 8.95. The highest BCUT2D eigenvalue weighted by atomic mass is 35.5. The van der Waals surface area contributed by atoms with E-state index in [1.54, 1.807) is 23.7 Å². The van der Waals surface area contributed by atoms with Gasteiger partial charge in [0.15, 0.2) is 17.0 Å². The van der Waals surface area contributed by atoms with Crippen LogP contribution >= 0.6 is 11.6 Å². The summed E-state index contributed by atoms with van der Waals surface area (Å²) in [6.07, 6.45) is -0.517. The van der Waals surface area contributed by atoms with Gasteiger partial charge in [0.25, 0.3) is 0 Å². The Kier molecular flexibility index (Phi) is 5.00. The maximum atomic E-state index is 9.49. The van der Waals surface area contributed by atoms with Crippen LogP contribution in [0.1, 0.15) is 26.8 Å². The molecule has 0 saturated heterocycles. The Balaban J connectivity index is 2.05. The second-order valence-electron chi connectivity index (χ2n) is 6.06. The molecule has 0 aliphatic heterocycles. The number of nitrogens with zero attached hydrogens (tertiary/aromatic N) is 5. The molecule has 0 saturated carbocycles. The van der Waals surface area contributed by atoms with Gasteiger partial charge in [-0.15, -0.1) is 5.10 Å². The van der Waals surface area contributed by atoms with Crippen molar-refractivity contribution < 1.29 is 5.11 Å². The van der Waals surface area contributed by atoms with Crippen LogP contribution in [0.2, 0.25) is 5.02 Å². The number of hydrogen-bond acceptors (Lipinski definition) is 7. The third kappa shape index (κ3) is 3.97. The lowest BCUT2D eigenvalue weighted by atomic mass is 10.3. The second kappa shape index (κ2) is 7.20. The van der Waals surface area contributed by atoms with Crippen molar-refractivity contribution in [3.05, 3.63) is 29.3 Å². The minimum Gasteiger partial charge on any atom is -0.392 e. The second-order valence-corrected chi connectivity index (χ2v) is 6.50. The third-order valence-electron chi connectivity index (χ3n) is 3.46. The topological polar surface area (TPSA) is 101 Å². The molecule has 1 unspecified atom stereocenters. The van der Waals surface area contributed by atoms with Crippen LogP contribution in [0.25, 0.3) is 11.2 Å².